The van der Waals surface area contributed by atoms with Crippen molar-refractivity contribution in [2.24, 2.45) is 0 Å². The fourth-order valence-electron chi connectivity index (χ4n) is 0.510. The van der Waals surface area contributed by atoms with Gasteiger partial charge in [0, 0.05) is 6.42 Å². The minimum Gasteiger partial charge on any atom is -0.251 e. The molecule has 0 spiro atoms. The maximum atomic E-state index is 12.4. The van der Waals surface area contributed by atoms with Gasteiger partial charge in [0.15, 0.2) is 0 Å². The van der Waals surface area contributed by atoms with Crippen LogP contribution in [0.3, 0.4) is 0 Å². The predicted octanol–water partition coefficient (Wildman–Crippen LogP) is 3.37. The van der Waals surface area contributed by atoms with Gasteiger partial charge in [-0.05, 0) is 0 Å². The zero-order valence-electron chi connectivity index (χ0n) is 5.84. The van der Waals surface area contributed by atoms with Gasteiger partial charge in [0.1, 0.15) is 6.33 Å². The van der Waals surface area contributed by atoms with Gasteiger partial charge in [-0.3, -0.25) is 4.39 Å². The first-order valence-corrected chi connectivity index (χ1v) is 3.37. The largest absolute Gasteiger partial charge is 0.286 e. The van der Waals surface area contributed by atoms with Crippen LogP contribution in [0.2, 0.25) is 0 Å². The fraction of sp³-hybridized carbons (Fsp3) is 0.667. The molecule has 1 atom stereocenters. The topological polar surface area (TPSA) is 0 Å². The molecule has 0 amide bonds. The fourth-order valence-corrected chi connectivity index (χ4v) is 0.669. The lowest BCUT2D eigenvalue weighted by Gasteiger charge is -2.17. The van der Waals surface area contributed by atoms with Gasteiger partial charge in [-0.15, -0.1) is 0 Å². The first kappa shape index (κ1) is 11.7. The second-order valence-electron chi connectivity index (χ2n) is 2.06. The van der Waals surface area contributed by atoms with E-state index in [1.807, 2.05) is 0 Å². The Morgan fingerprint density at radius 1 is 1.50 bits per heavy atom. The highest BCUT2D eigenvalue weighted by Crippen LogP contribution is 2.32. The zero-order chi connectivity index (χ0) is 9.78. The standard InChI is InChI=1S/C6H6ClF5/c7-4(3-9)5(10)6(11,12)1-2-8/h3,5H,1-2H2. The second kappa shape index (κ2) is 4.64. The Balaban J connectivity index is 4.33. The van der Waals surface area contributed by atoms with E-state index in [1.165, 1.54) is 0 Å². The molecule has 0 rings (SSSR count). The SMILES string of the molecule is FC=C(Cl)C(F)C(F)(F)CCF. The molecule has 0 aliphatic carbocycles. The summed E-state index contributed by atoms with van der Waals surface area (Å²) in [6, 6.07) is 0. The number of hydrogen-bond donors (Lipinski definition) is 0. The van der Waals surface area contributed by atoms with Crippen LogP contribution >= 0.6 is 11.6 Å². The first-order chi connectivity index (χ1) is 5.45. The van der Waals surface area contributed by atoms with Crippen LogP contribution in [-0.4, -0.2) is 18.8 Å². The van der Waals surface area contributed by atoms with Gasteiger partial charge in [0.2, 0.25) is 6.17 Å². The van der Waals surface area contributed by atoms with Crippen LogP contribution in [0.1, 0.15) is 6.42 Å². The van der Waals surface area contributed by atoms with E-state index in [-0.39, 0.29) is 0 Å². The zero-order valence-corrected chi connectivity index (χ0v) is 6.59. The van der Waals surface area contributed by atoms with Gasteiger partial charge >= 0.3 is 0 Å². The van der Waals surface area contributed by atoms with E-state index < -0.39 is 36.6 Å². The lowest BCUT2D eigenvalue weighted by molar-refractivity contribution is -0.0657. The van der Waals surface area contributed by atoms with E-state index in [0.29, 0.717) is 0 Å². The third-order valence-corrected chi connectivity index (χ3v) is 1.42. The highest BCUT2D eigenvalue weighted by Gasteiger charge is 2.41. The van der Waals surface area contributed by atoms with E-state index >= 15 is 0 Å². The lowest BCUT2D eigenvalue weighted by atomic mass is 10.1. The molecule has 0 radical (unpaired) electrons. The predicted molar refractivity (Wildman–Crippen MR) is 35.5 cm³/mol. The molecular formula is C6H6ClF5. The van der Waals surface area contributed by atoms with Crippen LogP contribution in [0.15, 0.2) is 11.4 Å². The van der Waals surface area contributed by atoms with Crippen LogP contribution in [0.5, 0.6) is 0 Å². The van der Waals surface area contributed by atoms with Crippen LogP contribution < -0.4 is 0 Å². The minimum atomic E-state index is -3.95. The van der Waals surface area contributed by atoms with Crippen LogP contribution in [0.4, 0.5) is 22.0 Å². The summed E-state index contributed by atoms with van der Waals surface area (Å²) in [4.78, 5) is 0. The molecule has 0 aliphatic rings. The summed E-state index contributed by atoms with van der Waals surface area (Å²) in [6.45, 7) is -1.39. The Morgan fingerprint density at radius 3 is 2.33 bits per heavy atom. The summed E-state index contributed by atoms with van der Waals surface area (Å²) in [5, 5.41) is -1.26. The van der Waals surface area contributed by atoms with Gasteiger partial charge in [-0.1, -0.05) is 11.6 Å². The van der Waals surface area contributed by atoms with Crippen molar-refractivity contribution in [3.05, 3.63) is 11.4 Å². The molecule has 0 aromatic heterocycles. The molecule has 0 saturated carbocycles. The molecule has 0 nitrogen and oxygen atoms in total. The van der Waals surface area contributed by atoms with Gasteiger partial charge in [-0.2, -0.15) is 0 Å². The Hall–Kier alpha value is -0.320. The van der Waals surface area contributed by atoms with Crippen molar-refractivity contribution in [3.63, 3.8) is 0 Å². The molecule has 0 saturated heterocycles. The number of halogens is 6. The molecule has 0 aromatic carbocycles. The smallest absolute Gasteiger partial charge is 0.251 e. The summed E-state index contributed by atoms with van der Waals surface area (Å²) in [6.07, 6.45) is -4.75. The normalized spacial score (nSPS) is 16.3. The number of allylic oxidation sites excluding steroid dienone is 1. The van der Waals surface area contributed by atoms with Gasteiger partial charge < -0.3 is 0 Å². The molecule has 6 heteroatoms. The van der Waals surface area contributed by atoms with Crippen LogP contribution in [0, 0.1) is 0 Å². The molecule has 0 bridgehead atoms. The van der Waals surface area contributed by atoms with E-state index in [2.05, 4.69) is 0 Å². The van der Waals surface area contributed by atoms with Crippen LogP contribution in [-0.2, 0) is 0 Å². The number of hydrogen-bond acceptors (Lipinski definition) is 0. The highest BCUT2D eigenvalue weighted by atomic mass is 35.5. The van der Waals surface area contributed by atoms with E-state index in [0.717, 1.165) is 0 Å². The summed E-state index contributed by atoms with van der Waals surface area (Å²) in [5.74, 6) is -3.95. The van der Waals surface area contributed by atoms with Gasteiger partial charge in [-0.25, -0.2) is 17.6 Å². The maximum absolute atomic E-state index is 12.4. The average Bonchev–Trinajstić information content (AvgIpc) is 2.01. The second-order valence-corrected chi connectivity index (χ2v) is 2.49. The maximum Gasteiger partial charge on any atom is 0.286 e. The average molecular weight is 209 g/mol. The third kappa shape index (κ3) is 2.97. The molecule has 1 unspecified atom stereocenters. The van der Waals surface area contributed by atoms with Crippen molar-refractivity contribution in [1.82, 2.24) is 0 Å². The van der Waals surface area contributed by atoms with Crippen molar-refractivity contribution >= 4 is 11.6 Å². The number of rotatable bonds is 4. The van der Waals surface area contributed by atoms with Gasteiger partial charge in [0.05, 0.1) is 11.7 Å². The van der Waals surface area contributed by atoms with E-state index in [1.54, 1.807) is 0 Å². The number of alkyl halides is 4. The van der Waals surface area contributed by atoms with E-state index in [4.69, 9.17) is 11.6 Å². The summed E-state index contributed by atoms with van der Waals surface area (Å²) in [7, 11) is 0. The Kier molecular flexibility index (Phi) is 4.52. The molecule has 0 heterocycles. The highest BCUT2D eigenvalue weighted by molar-refractivity contribution is 6.30. The quantitative estimate of drug-likeness (QED) is 0.622. The van der Waals surface area contributed by atoms with E-state index in [9.17, 15) is 22.0 Å². The summed E-state index contributed by atoms with van der Waals surface area (Å²) >= 11 is 4.74. The Bertz CT molecular complexity index is 167. The summed E-state index contributed by atoms with van der Waals surface area (Å²) < 4.78 is 60.0. The molecule has 72 valence electrons. The Labute approximate surface area is 71.0 Å². The summed E-state index contributed by atoms with van der Waals surface area (Å²) in [5.41, 5.74) is 0. The Morgan fingerprint density at radius 2 is 2.00 bits per heavy atom. The molecular weight excluding hydrogens is 203 g/mol. The van der Waals surface area contributed by atoms with Crippen molar-refractivity contribution < 1.29 is 22.0 Å². The molecule has 0 aliphatic heterocycles. The van der Waals surface area contributed by atoms with Crippen molar-refractivity contribution in [2.75, 3.05) is 6.67 Å². The molecule has 12 heavy (non-hydrogen) atoms. The van der Waals surface area contributed by atoms with Crippen molar-refractivity contribution in [2.45, 2.75) is 18.5 Å². The molecule has 0 aromatic rings. The minimum absolute atomic E-state index is 0.474. The molecule has 0 N–H and O–H groups in total. The molecule has 0 fully saturated rings. The van der Waals surface area contributed by atoms with Crippen LogP contribution in [0.25, 0.3) is 0 Å². The van der Waals surface area contributed by atoms with Crippen molar-refractivity contribution in [1.29, 1.82) is 0 Å². The lowest BCUT2D eigenvalue weighted by Crippen LogP contribution is -2.30. The first-order valence-electron chi connectivity index (χ1n) is 2.99. The van der Waals surface area contributed by atoms with Crippen molar-refractivity contribution in [3.8, 4) is 0 Å². The third-order valence-electron chi connectivity index (χ3n) is 1.14. The van der Waals surface area contributed by atoms with Gasteiger partial charge in [0.25, 0.3) is 5.92 Å². The monoisotopic (exact) mass is 208 g/mol.